The minimum atomic E-state index is 0.00203. The number of hydrogen-bond acceptors (Lipinski definition) is 3. The average molecular weight is 225 g/mol. The summed E-state index contributed by atoms with van der Waals surface area (Å²) in [6, 6.07) is 0. The highest BCUT2D eigenvalue weighted by Crippen LogP contribution is 2.19. The van der Waals surface area contributed by atoms with E-state index in [-0.39, 0.29) is 23.7 Å². The standard InChI is InChI=1S/C12H19NO3/c1-9-8-13(5-4-11(9)14)12(15)7-10-3-2-6-16-10/h9-10H,2-8H2,1H3. The SMILES string of the molecule is CC1CN(C(=O)CC2CCCO2)CCC1=O. The molecular formula is C12H19NO3. The Morgan fingerprint density at radius 2 is 2.38 bits per heavy atom. The van der Waals surface area contributed by atoms with E-state index in [4.69, 9.17) is 4.74 Å². The summed E-state index contributed by atoms with van der Waals surface area (Å²) < 4.78 is 5.45. The molecule has 0 spiro atoms. The van der Waals surface area contributed by atoms with Crippen LogP contribution in [0.15, 0.2) is 0 Å². The van der Waals surface area contributed by atoms with Crippen LogP contribution in [0.5, 0.6) is 0 Å². The second-order valence-electron chi connectivity index (χ2n) is 4.80. The third-order valence-corrected chi connectivity index (χ3v) is 3.45. The lowest BCUT2D eigenvalue weighted by Crippen LogP contribution is -2.44. The van der Waals surface area contributed by atoms with Crippen molar-refractivity contribution < 1.29 is 14.3 Å². The van der Waals surface area contributed by atoms with Crippen LogP contribution in [0.1, 0.15) is 32.6 Å². The fourth-order valence-electron chi connectivity index (χ4n) is 2.37. The van der Waals surface area contributed by atoms with Crippen LogP contribution >= 0.6 is 0 Å². The van der Waals surface area contributed by atoms with E-state index < -0.39 is 0 Å². The van der Waals surface area contributed by atoms with Crippen LogP contribution in [0.4, 0.5) is 0 Å². The van der Waals surface area contributed by atoms with Gasteiger partial charge in [0.25, 0.3) is 0 Å². The molecule has 0 aromatic heterocycles. The molecule has 2 atom stereocenters. The number of hydrogen-bond donors (Lipinski definition) is 0. The summed E-state index contributed by atoms with van der Waals surface area (Å²) in [5.41, 5.74) is 0. The van der Waals surface area contributed by atoms with Crippen molar-refractivity contribution in [1.29, 1.82) is 0 Å². The summed E-state index contributed by atoms with van der Waals surface area (Å²) in [6.07, 6.45) is 3.17. The number of carbonyl (C=O) groups is 2. The van der Waals surface area contributed by atoms with Crippen LogP contribution in [0.2, 0.25) is 0 Å². The zero-order valence-electron chi connectivity index (χ0n) is 9.78. The number of Topliss-reactive ketones (excluding diaryl/α,β-unsaturated/α-hetero) is 1. The van der Waals surface area contributed by atoms with Crippen molar-refractivity contribution in [2.75, 3.05) is 19.7 Å². The Morgan fingerprint density at radius 3 is 3.00 bits per heavy atom. The van der Waals surface area contributed by atoms with Crippen LogP contribution in [-0.4, -0.2) is 42.4 Å². The molecule has 0 aromatic rings. The van der Waals surface area contributed by atoms with E-state index in [9.17, 15) is 9.59 Å². The fraction of sp³-hybridized carbons (Fsp3) is 0.833. The largest absolute Gasteiger partial charge is 0.378 e. The first kappa shape index (κ1) is 11.6. The minimum Gasteiger partial charge on any atom is -0.378 e. The molecular weight excluding hydrogens is 206 g/mol. The van der Waals surface area contributed by atoms with Gasteiger partial charge in [-0.05, 0) is 12.8 Å². The normalized spacial score (nSPS) is 30.8. The van der Waals surface area contributed by atoms with Crippen LogP contribution in [-0.2, 0) is 14.3 Å². The molecule has 0 N–H and O–H groups in total. The summed E-state index contributed by atoms with van der Waals surface area (Å²) in [6.45, 7) is 3.86. The minimum absolute atomic E-state index is 0.00203. The highest BCUT2D eigenvalue weighted by molar-refractivity contribution is 5.85. The topological polar surface area (TPSA) is 46.6 Å². The number of ether oxygens (including phenoxy) is 1. The van der Waals surface area contributed by atoms with Crippen molar-refractivity contribution in [3.63, 3.8) is 0 Å². The summed E-state index contributed by atoms with van der Waals surface area (Å²) in [7, 11) is 0. The fourth-order valence-corrected chi connectivity index (χ4v) is 2.37. The number of ketones is 1. The summed E-state index contributed by atoms with van der Waals surface area (Å²) in [5, 5.41) is 0. The van der Waals surface area contributed by atoms with Crippen LogP contribution in [0, 0.1) is 5.92 Å². The molecule has 0 radical (unpaired) electrons. The number of piperidine rings is 1. The molecule has 2 heterocycles. The molecule has 4 nitrogen and oxygen atoms in total. The summed E-state index contributed by atoms with van der Waals surface area (Å²) >= 11 is 0. The van der Waals surface area contributed by atoms with Gasteiger partial charge in [-0.25, -0.2) is 0 Å². The van der Waals surface area contributed by atoms with Gasteiger partial charge in [0.05, 0.1) is 12.5 Å². The Balaban J connectivity index is 1.82. The first-order valence-corrected chi connectivity index (χ1v) is 6.09. The second-order valence-corrected chi connectivity index (χ2v) is 4.80. The van der Waals surface area contributed by atoms with Crippen LogP contribution in [0.25, 0.3) is 0 Å². The van der Waals surface area contributed by atoms with Gasteiger partial charge in [-0.15, -0.1) is 0 Å². The first-order valence-electron chi connectivity index (χ1n) is 6.09. The van der Waals surface area contributed by atoms with Gasteiger partial charge < -0.3 is 9.64 Å². The van der Waals surface area contributed by atoms with Gasteiger partial charge in [0.1, 0.15) is 5.78 Å². The van der Waals surface area contributed by atoms with Crippen molar-refractivity contribution in [2.45, 2.75) is 38.7 Å². The van der Waals surface area contributed by atoms with E-state index in [2.05, 4.69) is 0 Å². The molecule has 2 fully saturated rings. The summed E-state index contributed by atoms with van der Waals surface area (Å²) in [5.74, 6) is 0.426. The van der Waals surface area contributed by atoms with Crippen molar-refractivity contribution in [2.24, 2.45) is 5.92 Å². The average Bonchev–Trinajstić information content (AvgIpc) is 2.74. The van der Waals surface area contributed by atoms with E-state index in [0.29, 0.717) is 25.9 Å². The van der Waals surface area contributed by atoms with Gasteiger partial charge in [-0.2, -0.15) is 0 Å². The lowest BCUT2D eigenvalue weighted by atomic mass is 9.98. The molecule has 16 heavy (non-hydrogen) atoms. The maximum atomic E-state index is 11.9. The zero-order valence-corrected chi connectivity index (χ0v) is 9.78. The number of amides is 1. The molecule has 0 aromatic carbocycles. The Labute approximate surface area is 95.9 Å². The van der Waals surface area contributed by atoms with Crippen molar-refractivity contribution in [3.8, 4) is 0 Å². The highest BCUT2D eigenvalue weighted by Gasteiger charge is 2.28. The Hall–Kier alpha value is -0.900. The summed E-state index contributed by atoms with van der Waals surface area (Å²) in [4.78, 5) is 25.1. The number of rotatable bonds is 2. The lowest BCUT2D eigenvalue weighted by Gasteiger charge is -2.30. The molecule has 2 rings (SSSR count). The van der Waals surface area contributed by atoms with Crippen LogP contribution in [0.3, 0.4) is 0 Å². The molecule has 2 saturated heterocycles. The molecule has 0 bridgehead atoms. The van der Waals surface area contributed by atoms with Gasteiger partial charge in [0, 0.05) is 32.0 Å². The van der Waals surface area contributed by atoms with Crippen molar-refractivity contribution in [1.82, 2.24) is 4.90 Å². The van der Waals surface area contributed by atoms with E-state index >= 15 is 0 Å². The third kappa shape index (κ3) is 2.61. The lowest BCUT2D eigenvalue weighted by molar-refractivity contribution is -0.138. The van der Waals surface area contributed by atoms with Crippen LogP contribution < -0.4 is 0 Å². The van der Waals surface area contributed by atoms with Crippen molar-refractivity contribution in [3.05, 3.63) is 0 Å². The molecule has 1 amide bonds. The molecule has 4 heteroatoms. The molecule has 2 aliphatic heterocycles. The van der Waals surface area contributed by atoms with Gasteiger partial charge in [-0.1, -0.05) is 6.92 Å². The number of nitrogens with zero attached hydrogens (tertiary/aromatic N) is 1. The zero-order chi connectivity index (χ0) is 11.5. The van der Waals surface area contributed by atoms with Gasteiger partial charge in [0.2, 0.25) is 5.91 Å². The number of carbonyl (C=O) groups excluding carboxylic acids is 2. The van der Waals surface area contributed by atoms with E-state index in [1.54, 1.807) is 0 Å². The Bertz CT molecular complexity index is 284. The molecule has 90 valence electrons. The predicted molar refractivity (Wildman–Crippen MR) is 59.0 cm³/mol. The van der Waals surface area contributed by atoms with Gasteiger partial charge in [-0.3, -0.25) is 9.59 Å². The number of likely N-dealkylation sites (tertiary alicyclic amines) is 1. The van der Waals surface area contributed by atoms with Crippen molar-refractivity contribution >= 4 is 11.7 Å². The molecule has 2 aliphatic rings. The molecule has 0 aliphatic carbocycles. The van der Waals surface area contributed by atoms with Gasteiger partial charge in [0.15, 0.2) is 0 Å². The Kier molecular flexibility index (Phi) is 3.59. The van der Waals surface area contributed by atoms with E-state index in [1.807, 2.05) is 11.8 Å². The van der Waals surface area contributed by atoms with E-state index in [0.717, 1.165) is 19.4 Å². The maximum absolute atomic E-state index is 11.9. The molecule has 2 unspecified atom stereocenters. The van der Waals surface area contributed by atoms with Gasteiger partial charge >= 0.3 is 0 Å². The predicted octanol–water partition coefficient (Wildman–Crippen LogP) is 0.993. The monoisotopic (exact) mass is 225 g/mol. The van der Waals surface area contributed by atoms with E-state index in [1.165, 1.54) is 0 Å². The Morgan fingerprint density at radius 1 is 1.56 bits per heavy atom. The third-order valence-electron chi connectivity index (χ3n) is 3.45. The first-order chi connectivity index (χ1) is 7.66. The quantitative estimate of drug-likeness (QED) is 0.704. The second kappa shape index (κ2) is 4.95. The molecule has 0 saturated carbocycles. The highest BCUT2D eigenvalue weighted by atomic mass is 16.5. The maximum Gasteiger partial charge on any atom is 0.225 e. The smallest absolute Gasteiger partial charge is 0.225 e.